The van der Waals surface area contributed by atoms with Gasteiger partial charge in [-0.2, -0.15) is 26.3 Å². The van der Waals surface area contributed by atoms with Gasteiger partial charge in [-0.1, -0.05) is 36.4 Å². The molecule has 0 bridgehead atoms. The molecule has 1 unspecified atom stereocenters. The fourth-order valence-corrected chi connectivity index (χ4v) is 3.00. The smallest absolute Gasteiger partial charge is 0.289 e. The summed E-state index contributed by atoms with van der Waals surface area (Å²) in [5, 5.41) is 0.364. The molecule has 2 rings (SSSR count). The average Bonchev–Trinajstić information content (AvgIpc) is 2.45. The molecule has 122 valence electrons. The van der Waals surface area contributed by atoms with Crippen molar-refractivity contribution < 1.29 is 31.1 Å². The Bertz CT molecular complexity index is 674. The van der Waals surface area contributed by atoms with Crippen LogP contribution in [0.4, 0.5) is 26.3 Å². The van der Waals surface area contributed by atoms with Crippen molar-refractivity contribution >= 4 is 19.4 Å². The van der Waals surface area contributed by atoms with Crippen molar-refractivity contribution in [1.82, 2.24) is 0 Å². The summed E-state index contributed by atoms with van der Waals surface area (Å²) in [6.45, 7) is 0. The summed E-state index contributed by atoms with van der Waals surface area (Å²) >= 11 is 0. The van der Waals surface area contributed by atoms with Crippen molar-refractivity contribution in [3.05, 3.63) is 65.2 Å². The van der Waals surface area contributed by atoms with Gasteiger partial charge in [0.25, 0.3) is 0 Å². The first-order valence-corrected chi connectivity index (χ1v) is 7.24. The topological polar surface area (TPSA) is 17.1 Å². The van der Waals surface area contributed by atoms with Crippen molar-refractivity contribution in [2.75, 3.05) is 0 Å². The number of hydrogen-bond donors (Lipinski definition) is 0. The zero-order chi connectivity index (χ0) is 17.3. The van der Waals surface area contributed by atoms with Gasteiger partial charge in [0.2, 0.25) is 0 Å². The minimum atomic E-state index is -5.05. The zero-order valence-corrected chi connectivity index (χ0v) is 12.3. The second kappa shape index (κ2) is 6.32. The first kappa shape index (κ1) is 17.5. The van der Waals surface area contributed by atoms with Gasteiger partial charge in [-0.3, -0.25) is 4.79 Å². The molecule has 0 fully saturated rings. The van der Waals surface area contributed by atoms with Gasteiger partial charge in [0.15, 0.2) is 5.52 Å². The average molecular weight is 350 g/mol. The monoisotopic (exact) mass is 350 g/mol. The van der Waals surface area contributed by atoms with E-state index in [1.165, 1.54) is 12.1 Å². The van der Waals surface area contributed by atoms with E-state index in [2.05, 4.69) is 0 Å². The molecule has 0 N–H and O–H groups in total. The molecule has 0 aliphatic carbocycles. The Morgan fingerprint density at radius 2 is 1.22 bits per heavy atom. The molecule has 0 aliphatic heterocycles. The Kier molecular flexibility index (Phi) is 4.80. The lowest BCUT2D eigenvalue weighted by Crippen LogP contribution is -2.19. The summed E-state index contributed by atoms with van der Waals surface area (Å²) in [7, 11) is -0.832. The van der Waals surface area contributed by atoms with E-state index < -0.39 is 43.1 Å². The lowest BCUT2D eigenvalue weighted by Gasteiger charge is -2.17. The largest absolute Gasteiger partial charge is 0.417 e. The van der Waals surface area contributed by atoms with Gasteiger partial charge in [0.1, 0.15) is 0 Å². The van der Waals surface area contributed by atoms with E-state index in [4.69, 9.17) is 0 Å². The van der Waals surface area contributed by atoms with Gasteiger partial charge in [0, 0.05) is 5.56 Å². The maximum absolute atomic E-state index is 13.0. The highest BCUT2D eigenvalue weighted by molar-refractivity contribution is 7.66. The fraction of sp³-hybridized carbons (Fsp3) is 0.133. The van der Waals surface area contributed by atoms with E-state index in [-0.39, 0.29) is 0 Å². The molecule has 1 atom stereocenters. The maximum Gasteiger partial charge on any atom is 0.417 e. The van der Waals surface area contributed by atoms with Crippen LogP contribution in [0.15, 0.2) is 48.5 Å². The van der Waals surface area contributed by atoms with Gasteiger partial charge in [-0.15, -0.1) is 0 Å². The van der Waals surface area contributed by atoms with Crippen molar-refractivity contribution in [2.24, 2.45) is 0 Å². The number of hydrogen-bond acceptors (Lipinski definition) is 1. The van der Waals surface area contributed by atoms with E-state index in [1.807, 2.05) is 0 Å². The third-order valence-electron chi connectivity index (χ3n) is 2.93. The van der Waals surface area contributed by atoms with E-state index in [1.54, 1.807) is 18.2 Å². The second-order valence-corrected chi connectivity index (χ2v) is 5.83. The van der Waals surface area contributed by atoms with E-state index in [0.717, 1.165) is 0 Å². The number of alkyl halides is 6. The van der Waals surface area contributed by atoms with E-state index >= 15 is 0 Å². The lowest BCUT2D eigenvalue weighted by atomic mass is 10.0. The Balaban J connectivity index is 2.56. The zero-order valence-electron chi connectivity index (χ0n) is 11.3. The van der Waals surface area contributed by atoms with Crippen molar-refractivity contribution in [1.29, 1.82) is 0 Å². The summed E-state index contributed by atoms with van der Waals surface area (Å²) in [5.41, 5.74) is -5.66. The van der Waals surface area contributed by atoms with Gasteiger partial charge in [0.05, 0.1) is 11.1 Å². The SMILES string of the molecule is O=C(Pc1ccccc1)c1c(C(F)(F)F)cccc1C(F)(F)F. The maximum atomic E-state index is 13.0. The normalized spacial score (nSPS) is 12.8. The molecule has 0 saturated heterocycles. The highest BCUT2D eigenvalue weighted by atomic mass is 31.1. The molecule has 2 aromatic carbocycles. The predicted octanol–water partition coefficient (Wildman–Crippen LogP) is 4.87. The number of halogens is 6. The van der Waals surface area contributed by atoms with Crippen LogP contribution < -0.4 is 5.30 Å². The number of carbonyl (C=O) groups excluding carboxylic acids is 1. The standard InChI is InChI=1S/C15H9F6OP/c16-14(17,18)10-7-4-8-11(15(19,20)21)12(10)13(22)23-9-5-2-1-3-6-9/h1-8,23H. The molecule has 0 heterocycles. The van der Waals surface area contributed by atoms with Crippen LogP contribution in [-0.4, -0.2) is 5.52 Å². The van der Waals surface area contributed by atoms with E-state index in [0.29, 0.717) is 23.5 Å². The van der Waals surface area contributed by atoms with Crippen molar-refractivity contribution in [2.45, 2.75) is 12.4 Å². The van der Waals surface area contributed by atoms with Crippen LogP contribution >= 0.6 is 8.58 Å². The summed E-state index contributed by atoms with van der Waals surface area (Å²) in [6, 6.07) is 9.29. The van der Waals surface area contributed by atoms with Crippen LogP contribution in [0.5, 0.6) is 0 Å². The molecule has 1 nitrogen and oxygen atoms in total. The van der Waals surface area contributed by atoms with Crippen molar-refractivity contribution in [3.8, 4) is 0 Å². The second-order valence-electron chi connectivity index (χ2n) is 4.54. The lowest BCUT2D eigenvalue weighted by molar-refractivity contribution is -0.143. The van der Waals surface area contributed by atoms with Gasteiger partial charge >= 0.3 is 12.4 Å². The molecule has 8 heteroatoms. The molecule has 0 aromatic heterocycles. The number of benzene rings is 2. The third kappa shape index (κ3) is 4.10. The summed E-state index contributed by atoms with van der Waals surface area (Å²) < 4.78 is 78.0. The molecule has 0 amide bonds. The predicted molar refractivity (Wildman–Crippen MR) is 75.2 cm³/mol. The molecule has 0 aliphatic rings. The minimum absolute atomic E-state index is 0.364. The molecule has 0 radical (unpaired) electrons. The van der Waals surface area contributed by atoms with Crippen LogP contribution in [0.2, 0.25) is 0 Å². The first-order valence-electron chi connectivity index (χ1n) is 6.24. The number of carbonyl (C=O) groups is 1. The Labute approximate surface area is 129 Å². The number of rotatable bonds is 3. The highest BCUT2D eigenvalue weighted by Crippen LogP contribution is 2.41. The van der Waals surface area contributed by atoms with Gasteiger partial charge < -0.3 is 0 Å². The highest BCUT2D eigenvalue weighted by Gasteiger charge is 2.42. The molecule has 0 saturated carbocycles. The van der Waals surface area contributed by atoms with Crippen LogP contribution in [0.1, 0.15) is 21.5 Å². The molecular weight excluding hydrogens is 341 g/mol. The fourth-order valence-electron chi connectivity index (χ4n) is 1.98. The Hall–Kier alpha value is -1.88. The summed E-state index contributed by atoms with van der Waals surface area (Å²) in [6.07, 6.45) is -10.1. The van der Waals surface area contributed by atoms with Crippen LogP contribution in [-0.2, 0) is 12.4 Å². The minimum Gasteiger partial charge on any atom is -0.289 e. The van der Waals surface area contributed by atoms with Crippen molar-refractivity contribution in [3.63, 3.8) is 0 Å². The molecule has 23 heavy (non-hydrogen) atoms. The van der Waals surface area contributed by atoms with Crippen LogP contribution in [0.25, 0.3) is 0 Å². The molecular formula is C15H9F6OP. The first-order chi connectivity index (χ1) is 10.6. The summed E-state index contributed by atoms with van der Waals surface area (Å²) in [4.78, 5) is 12.2. The van der Waals surface area contributed by atoms with Crippen LogP contribution in [0.3, 0.4) is 0 Å². The Morgan fingerprint density at radius 1 is 0.739 bits per heavy atom. The van der Waals surface area contributed by atoms with Gasteiger partial charge in [-0.05, 0) is 26.0 Å². The van der Waals surface area contributed by atoms with Gasteiger partial charge in [-0.25, -0.2) is 0 Å². The third-order valence-corrected chi connectivity index (χ3v) is 4.03. The Morgan fingerprint density at radius 3 is 1.65 bits per heavy atom. The quantitative estimate of drug-likeness (QED) is 0.570. The van der Waals surface area contributed by atoms with E-state index in [9.17, 15) is 31.1 Å². The van der Waals surface area contributed by atoms with Crippen LogP contribution in [0, 0.1) is 0 Å². The molecule has 0 spiro atoms. The summed E-state index contributed by atoms with van der Waals surface area (Å²) in [5.74, 6) is 0. The molecule has 2 aromatic rings.